The van der Waals surface area contributed by atoms with E-state index in [1.807, 2.05) is 36.4 Å². The highest BCUT2D eigenvalue weighted by molar-refractivity contribution is 6.17. The van der Waals surface area contributed by atoms with Gasteiger partial charge in [-0.25, -0.2) is 9.69 Å². The minimum atomic E-state index is 0.541. The van der Waals surface area contributed by atoms with E-state index in [-0.39, 0.29) is 0 Å². The fraction of sp³-hybridized carbons (Fsp3) is 0. The fourth-order valence-electron chi connectivity index (χ4n) is 8.86. The van der Waals surface area contributed by atoms with Crippen LogP contribution in [0, 0.1) is 13.1 Å². The van der Waals surface area contributed by atoms with Crippen LogP contribution in [-0.2, 0) is 0 Å². The first-order chi connectivity index (χ1) is 27.2. The predicted octanol–water partition coefficient (Wildman–Crippen LogP) is 13.7. The maximum absolute atomic E-state index is 8.41. The van der Waals surface area contributed by atoms with Gasteiger partial charge in [0.15, 0.2) is 5.69 Å². The number of hydrogen-bond acceptors (Lipinski definition) is 0. The molecule has 55 heavy (non-hydrogen) atoms. The highest BCUT2D eigenvalue weighted by Gasteiger charge is 2.22. The molecule has 0 radical (unpaired) electrons. The highest BCUT2D eigenvalue weighted by atomic mass is 15.0. The minimum absolute atomic E-state index is 0.541. The van der Waals surface area contributed by atoms with Crippen molar-refractivity contribution < 1.29 is 0 Å². The molecule has 8 aromatic carbocycles. The quantitative estimate of drug-likeness (QED) is 0.163. The first-order valence-corrected chi connectivity index (χ1v) is 18.3. The first kappa shape index (κ1) is 30.7. The minimum Gasteiger partial charge on any atom is -0.320 e. The van der Waals surface area contributed by atoms with Crippen LogP contribution in [0.5, 0.6) is 0 Å². The van der Waals surface area contributed by atoms with Crippen molar-refractivity contribution in [2.24, 2.45) is 0 Å². The largest absolute Gasteiger partial charge is 0.320 e. The van der Waals surface area contributed by atoms with E-state index in [2.05, 4.69) is 163 Å². The number of hydrogen-bond donors (Lipinski definition) is 0. The molecule has 0 bridgehead atoms. The number of nitrogens with zero attached hydrogens (tertiary/aromatic N) is 5. The van der Waals surface area contributed by atoms with Crippen molar-refractivity contribution in [1.29, 1.82) is 0 Å². The van der Waals surface area contributed by atoms with Crippen LogP contribution in [0.4, 0.5) is 11.4 Å². The van der Waals surface area contributed by atoms with Crippen molar-refractivity contribution in [3.05, 3.63) is 199 Å². The van der Waals surface area contributed by atoms with Gasteiger partial charge in [0.25, 0.3) is 0 Å². The van der Waals surface area contributed by atoms with Crippen molar-refractivity contribution in [2.45, 2.75) is 0 Å². The van der Waals surface area contributed by atoms with E-state index in [0.717, 1.165) is 61.0 Å². The predicted molar refractivity (Wildman–Crippen MR) is 227 cm³/mol. The zero-order valence-corrected chi connectivity index (χ0v) is 29.5. The first-order valence-electron chi connectivity index (χ1n) is 18.3. The third-order valence-corrected chi connectivity index (χ3v) is 11.1. The summed E-state index contributed by atoms with van der Waals surface area (Å²) in [7, 11) is 0. The molecule has 0 N–H and O–H groups in total. The molecule has 5 nitrogen and oxygen atoms in total. The van der Waals surface area contributed by atoms with Crippen molar-refractivity contribution in [1.82, 2.24) is 13.7 Å². The third kappa shape index (κ3) is 4.33. The van der Waals surface area contributed by atoms with E-state index in [0.29, 0.717) is 11.4 Å². The monoisotopic (exact) mass is 699 g/mol. The van der Waals surface area contributed by atoms with Gasteiger partial charge in [0, 0.05) is 38.0 Å². The molecule has 11 rings (SSSR count). The van der Waals surface area contributed by atoms with Crippen molar-refractivity contribution in [2.75, 3.05) is 0 Å². The lowest BCUT2D eigenvalue weighted by molar-refractivity contribution is 1.17. The van der Waals surface area contributed by atoms with Gasteiger partial charge in [-0.15, -0.1) is 0 Å². The molecule has 0 aliphatic carbocycles. The van der Waals surface area contributed by atoms with E-state index in [1.54, 1.807) is 0 Å². The molecule has 0 amide bonds. The zero-order chi connectivity index (χ0) is 36.6. The van der Waals surface area contributed by atoms with E-state index in [9.17, 15) is 0 Å². The topological polar surface area (TPSA) is 23.5 Å². The van der Waals surface area contributed by atoms with E-state index in [1.165, 1.54) is 32.6 Å². The molecule has 0 spiro atoms. The molecule has 5 heteroatoms. The van der Waals surface area contributed by atoms with Gasteiger partial charge in [-0.1, -0.05) is 115 Å². The highest BCUT2D eigenvalue weighted by Crippen LogP contribution is 2.44. The molecule has 3 aromatic heterocycles. The normalized spacial score (nSPS) is 11.6. The van der Waals surface area contributed by atoms with Gasteiger partial charge in [-0.2, -0.15) is 0 Å². The molecule has 0 atom stereocenters. The maximum atomic E-state index is 8.41. The summed E-state index contributed by atoms with van der Waals surface area (Å²) in [4.78, 5) is 7.96. The average molecular weight is 700 g/mol. The smallest absolute Gasteiger partial charge is 0.211 e. The van der Waals surface area contributed by atoms with Crippen LogP contribution in [0.2, 0.25) is 0 Å². The Morgan fingerprint density at radius 2 is 0.782 bits per heavy atom. The SMILES string of the molecule is [C-]#[N+]c1cc(-c2ccccc2-n2c3ccccc3c3c(-n4c5ccccc5c5ccccc54)cccc32)ccc1-n1c2ccccc2c2c([N+]#[C-])cccc21. The Hall–Kier alpha value is -7.86. The van der Waals surface area contributed by atoms with Gasteiger partial charge in [-0.3, -0.25) is 0 Å². The fourth-order valence-corrected chi connectivity index (χ4v) is 8.86. The summed E-state index contributed by atoms with van der Waals surface area (Å²) in [6.45, 7) is 16.3. The molecule has 11 aromatic rings. The molecule has 0 aliphatic heterocycles. The summed E-state index contributed by atoms with van der Waals surface area (Å²) in [5.41, 5.74) is 12.5. The van der Waals surface area contributed by atoms with Crippen LogP contribution in [0.15, 0.2) is 176 Å². The Bertz CT molecular complexity index is 3420. The molecule has 0 saturated heterocycles. The standard InChI is InChI=1S/C50H29N5/c1-51-38-20-13-26-46-49(38)36-18-6-11-24-43(36)55(46)45-30-29-32(31-39(45)52-2)33-15-3-8-21-40(33)53-44-25-12-7-19-37(44)50-47(53)27-14-28-48(50)54-41-22-9-4-16-34(41)35-17-5-10-23-42(35)54/h3-31H. The summed E-state index contributed by atoms with van der Waals surface area (Å²) >= 11 is 0. The molecule has 254 valence electrons. The van der Waals surface area contributed by atoms with Crippen LogP contribution in [0.1, 0.15) is 0 Å². The van der Waals surface area contributed by atoms with Crippen LogP contribution in [-0.4, -0.2) is 13.7 Å². The van der Waals surface area contributed by atoms with Crippen LogP contribution >= 0.6 is 0 Å². The molecule has 3 heterocycles. The molecular weight excluding hydrogens is 671 g/mol. The van der Waals surface area contributed by atoms with Crippen LogP contribution in [0.25, 0.3) is 103 Å². The molecule has 0 aliphatic rings. The lowest BCUT2D eigenvalue weighted by Crippen LogP contribution is -1.99. The van der Waals surface area contributed by atoms with Crippen molar-refractivity contribution >= 4 is 76.8 Å². The number of rotatable bonds is 4. The lowest BCUT2D eigenvalue weighted by Gasteiger charge is -2.16. The van der Waals surface area contributed by atoms with Gasteiger partial charge >= 0.3 is 0 Å². The maximum Gasteiger partial charge on any atom is 0.211 e. The summed E-state index contributed by atoms with van der Waals surface area (Å²) in [5.74, 6) is 0. The van der Waals surface area contributed by atoms with Crippen LogP contribution < -0.4 is 0 Å². The van der Waals surface area contributed by atoms with Gasteiger partial charge in [-0.05, 0) is 71.6 Å². The number of aromatic nitrogens is 3. The van der Waals surface area contributed by atoms with Gasteiger partial charge < -0.3 is 13.7 Å². The van der Waals surface area contributed by atoms with E-state index >= 15 is 0 Å². The van der Waals surface area contributed by atoms with Gasteiger partial charge in [0.2, 0.25) is 5.69 Å². The summed E-state index contributed by atoms with van der Waals surface area (Å²) in [6, 6.07) is 61.2. The Kier molecular flexibility index (Phi) is 6.61. The Morgan fingerprint density at radius 1 is 0.327 bits per heavy atom. The average Bonchev–Trinajstić information content (AvgIpc) is 3.89. The van der Waals surface area contributed by atoms with Gasteiger partial charge in [0.1, 0.15) is 0 Å². The second-order valence-corrected chi connectivity index (χ2v) is 13.9. The third-order valence-electron chi connectivity index (χ3n) is 11.1. The lowest BCUT2D eigenvalue weighted by atomic mass is 10.0. The summed E-state index contributed by atoms with van der Waals surface area (Å²) in [5, 5.41) is 6.73. The number of fused-ring (bicyclic) bond motifs is 9. The van der Waals surface area contributed by atoms with E-state index < -0.39 is 0 Å². The van der Waals surface area contributed by atoms with Crippen LogP contribution in [0.3, 0.4) is 0 Å². The zero-order valence-electron chi connectivity index (χ0n) is 29.5. The number of para-hydroxylation sites is 5. The van der Waals surface area contributed by atoms with Crippen molar-refractivity contribution in [3.8, 4) is 28.2 Å². The Labute approximate surface area is 316 Å². The van der Waals surface area contributed by atoms with Gasteiger partial charge in [0.05, 0.1) is 57.8 Å². The number of benzene rings is 8. The molecule has 0 unspecified atom stereocenters. The summed E-state index contributed by atoms with van der Waals surface area (Å²) < 4.78 is 6.92. The molecule has 0 fully saturated rings. The summed E-state index contributed by atoms with van der Waals surface area (Å²) in [6.07, 6.45) is 0. The second kappa shape index (κ2) is 11.8. The Morgan fingerprint density at radius 3 is 1.44 bits per heavy atom. The van der Waals surface area contributed by atoms with Crippen molar-refractivity contribution in [3.63, 3.8) is 0 Å². The molecular formula is C50H29N5. The molecule has 0 saturated carbocycles. The second-order valence-electron chi connectivity index (χ2n) is 13.9. The Balaban J connectivity index is 1.15. The van der Waals surface area contributed by atoms with E-state index in [4.69, 9.17) is 13.1 Å².